The number of ether oxygens (including phenoxy) is 1. The first-order valence-corrected chi connectivity index (χ1v) is 8.45. The van der Waals surface area contributed by atoms with Gasteiger partial charge >= 0.3 is 0 Å². The summed E-state index contributed by atoms with van der Waals surface area (Å²) < 4.78 is 5.01. The first-order valence-electron chi connectivity index (χ1n) is 8.45. The molecule has 2 N–H and O–H groups in total. The van der Waals surface area contributed by atoms with E-state index in [1.54, 1.807) is 31.5 Å². The Morgan fingerprint density at radius 3 is 3.00 bits per heavy atom. The van der Waals surface area contributed by atoms with Crippen molar-refractivity contribution in [3.63, 3.8) is 0 Å². The molecule has 25 heavy (non-hydrogen) atoms. The summed E-state index contributed by atoms with van der Waals surface area (Å²) in [4.78, 5) is 18.7. The fraction of sp³-hybridized carbons (Fsp3) is 0.368. The molecule has 132 valence electrons. The van der Waals surface area contributed by atoms with Crippen LogP contribution in [-0.2, 0) is 6.54 Å². The zero-order valence-electron chi connectivity index (χ0n) is 14.3. The normalized spacial score (nSPS) is 17.9. The van der Waals surface area contributed by atoms with E-state index in [2.05, 4.69) is 15.2 Å². The van der Waals surface area contributed by atoms with Gasteiger partial charge in [-0.05, 0) is 43.1 Å². The highest BCUT2D eigenvalue weighted by Crippen LogP contribution is 2.16. The van der Waals surface area contributed by atoms with E-state index in [4.69, 9.17) is 4.74 Å². The van der Waals surface area contributed by atoms with Crippen molar-refractivity contribution < 1.29 is 14.6 Å². The molecule has 0 aliphatic carbocycles. The molecule has 0 spiro atoms. The van der Waals surface area contributed by atoms with Gasteiger partial charge in [0.15, 0.2) is 0 Å². The largest absolute Gasteiger partial charge is 0.481 e. The van der Waals surface area contributed by atoms with Crippen molar-refractivity contribution in [3.05, 3.63) is 53.7 Å². The minimum Gasteiger partial charge on any atom is -0.481 e. The lowest BCUT2D eigenvalue weighted by Gasteiger charge is -2.30. The zero-order chi connectivity index (χ0) is 17.6. The third kappa shape index (κ3) is 4.78. The number of carbonyl (C=O) groups excluding carboxylic acids is 1. The maximum absolute atomic E-state index is 12.4. The van der Waals surface area contributed by atoms with Crippen LogP contribution in [0.5, 0.6) is 5.88 Å². The second-order valence-corrected chi connectivity index (χ2v) is 6.27. The molecule has 3 rings (SSSR count). The Morgan fingerprint density at radius 2 is 2.28 bits per heavy atom. The van der Waals surface area contributed by atoms with Gasteiger partial charge in [-0.3, -0.25) is 9.69 Å². The number of aromatic nitrogens is 1. The number of rotatable bonds is 5. The number of nitrogens with zero attached hydrogens (tertiary/aromatic N) is 2. The molecule has 2 aromatic rings. The summed E-state index contributed by atoms with van der Waals surface area (Å²) in [6, 6.07) is 11.0. The van der Waals surface area contributed by atoms with Gasteiger partial charge in [0.2, 0.25) is 5.88 Å². The number of piperidine rings is 1. The molecule has 0 saturated carbocycles. The summed E-state index contributed by atoms with van der Waals surface area (Å²) in [5, 5.41) is 12.6. The summed E-state index contributed by atoms with van der Waals surface area (Å²) in [6.07, 6.45) is 3.19. The number of likely N-dealkylation sites (tertiary alicyclic amines) is 1. The first kappa shape index (κ1) is 17.4. The summed E-state index contributed by atoms with van der Waals surface area (Å²) in [5.41, 5.74) is 2.29. The predicted octanol–water partition coefficient (Wildman–Crippen LogP) is 2.30. The van der Waals surface area contributed by atoms with Crippen LogP contribution in [0.1, 0.15) is 28.8 Å². The van der Waals surface area contributed by atoms with E-state index in [9.17, 15) is 9.90 Å². The second kappa shape index (κ2) is 8.09. The van der Waals surface area contributed by atoms with E-state index in [1.165, 1.54) is 0 Å². The predicted molar refractivity (Wildman–Crippen MR) is 95.7 cm³/mol. The monoisotopic (exact) mass is 341 g/mol. The molecule has 1 saturated heterocycles. The highest BCUT2D eigenvalue weighted by atomic mass is 16.5. The maximum atomic E-state index is 12.4. The molecule has 0 bridgehead atoms. The Kier molecular flexibility index (Phi) is 5.63. The Hall–Kier alpha value is -2.44. The molecule has 1 amide bonds. The highest BCUT2D eigenvalue weighted by Gasteiger charge is 2.18. The van der Waals surface area contributed by atoms with Crippen LogP contribution in [0, 0.1) is 0 Å². The molecule has 6 heteroatoms. The van der Waals surface area contributed by atoms with Crippen molar-refractivity contribution in [3.8, 4) is 5.88 Å². The van der Waals surface area contributed by atoms with Crippen molar-refractivity contribution in [2.75, 3.05) is 25.5 Å². The van der Waals surface area contributed by atoms with Crippen LogP contribution in [0.4, 0.5) is 5.69 Å². The van der Waals surface area contributed by atoms with Gasteiger partial charge in [0.25, 0.3) is 5.91 Å². The van der Waals surface area contributed by atoms with Crippen LogP contribution in [0.3, 0.4) is 0 Å². The third-order valence-corrected chi connectivity index (χ3v) is 4.28. The number of aliphatic hydroxyl groups is 1. The molecule has 0 unspecified atom stereocenters. The van der Waals surface area contributed by atoms with Crippen LogP contribution >= 0.6 is 0 Å². The Morgan fingerprint density at radius 1 is 1.40 bits per heavy atom. The van der Waals surface area contributed by atoms with E-state index in [0.717, 1.165) is 31.5 Å². The quantitative estimate of drug-likeness (QED) is 0.873. The Balaban J connectivity index is 1.64. The lowest BCUT2D eigenvalue weighted by Crippen LogP contribution is -2.37. The third-order valence-electron chi connectivity index (χ3n) is 4.28. The zero-order valence-corrected chi connectivity index (χ0v) is 14.3. The minimum absolute atomic E-state index is 0.174. The molecule has 1 atom stereocenters. The van der Waals surface area contributed by atoms with Crippen LogP contribution in [-0.4, -0.2) is 47.2 Å². The average molecular weight is 341 g/mol. The van der Waals surface area contributed by atoms with Gasteiger partial charge in [-0.1, -0.05) is 12.1 Å². The molecule has 6 nitrogen and oxygen atoms in total. The molecule has 2 heterocycles. The van der Waals surface area contributed by atoms with Gasteiger partial charge < -0.3 is 15.2 Å². The summed E-state index contributed by atoms with van der Waals surface area (Å²) in [7, 11) is 1.55. The summed E-state index contributed by atoms with van der Waals surface area (Å²) in [5.74, 6) is 0.330. The number of aliphatic hydroxyl groups excluding tert-OH is 1. The topological polar surface area (TPSA) is 74.7 Å². The highest BCUT2D eigenvalue weighted by molar-refractivity contribution is 6.04. The smallest absolute Gasteiger partial charge is 0.255 e. The second-order valence-electron chi connectivity index (χ2n) is 6.27. The van der Waals surface area contributed by atoms with E-state index < -0.39 is 0 Å². The lowest BCUT2D eigenvalue weighted by atomic mass is 10.1. The van der Waals surface area contributed by atoms with Crippen LogP contribution < -0.4 is 10.1 Å². The molecular weight excluding hydrogens is 318 g/mol. The number of anilines is 1. The van der Waals surface area contributed by atoms with Gasteiger partial charge in [-0.2, -0.15) is 0 Å². The number of amides is 1. The maximum Gasteiger partial charge on any atom is 0.255 e. The Labute approximate surface area is 147 Å². The molecule has 0 radical (unpaired) electrons. The van der Waals surface area contributed by atoms with Crippen molar-refractivity contribution in [2.45, 2.75) is 25.5 Å². The number of hydrogen-bond acceptors (Lipinski definition) is 5. The number of methoxy groups -OCH3 is 1. The standard InChI is InChI=1S/C19H23N3O3/c1-25-18-8-7-16(11-20-18)21-19(24)15-5-2-4-14(10-15)12-22-9-3-6-17(23)13-22/h2,4-5,7-8,10-11,17,23H,3,6,9,12-13H2,1H3,(H,21,24)/t17-/m1/s1. The van der Waals surface area contributed by atoms with Crippen LogP contribution in [0.25, 0.3) is 0 Å². The summed E-state index contributed by atoms with van der Waals surface area (Å²) >= 11 is 0. The molecule has 1 aromatic heterocycles. The molecule has 1 aromatic carbocycles. The minimum atomic E-state index is -0.247. The van der Waals surface area contributed by atoms with E-state index in [0.29, 0.717) is 23.7 Å². The molecule has 1 aliphatic rings. The van der Waals surface area contributed by atoms with Gasteiger partial charge in [0.1, 0.15) is 0 Å². The van der Waals surface area contributed by atoms with Crippen molar-refractivity contribution in [2.24, 2.45) is 0 Å². The molecule has 1 aliphatic heterocycles. The van der Waals surface area contributed by atoms with E-state index in [1.807, 2.05) is 18.2 Å². The van der Waals surface area contributed by atoms with Crippen LogP contribution in [0.2, 0.25) is 0 Å². The fourth-order valence-electron chi connectivity index (χ4n) is 3.02. The van der Waals surface area contributed by atoms with Gasteiger partial charge in [-0.25, -0.2) is 4.98 Å². The number of carbonyl (C=O) groups is 1. The molecule has 1 fully saturated rings. The van der Waals surface area contributed by atoms with Crippen molar-refractivity contribution >= 4 is 11.6 Å². The SMILES string of the molecule is COc1ccc(NC(=O)c2cccc(CN3CCC[C@@H](O)C3)c2)cn1. The average Bonchev–Trinajstić information content (AvgIpc) is 2.62. The van der Waals surface area contributed by atoms with Crippen molar-refractivity contribution in [1.29, 1.82) is 0 Å². The van der Waals surface area contributed by atoms with Gasteiger partial charge in [-0.15, -0.1) is 0 Å². The fourth-order valence-corrected chi connectivity index (χ4v) is 3.02. The Bertz CT molecular complexity index is 718. The van der Waals surface area contributed by atoms with Crippen LogP contribution in [0.15, 0.2) is 42.6 Å². The number of nitrogens with one attached hydrogen (secondary N) is 1. The van der Waals surface area contributed by atoms with Gasteiger partial charge in [0, 0.05) is 24.7 Å². The number of benzene rings is 1. The van der Waals surface area contributed by atoms with Gasteiger partial charge in [0.05, 0.1) is 25.1 Å². The first-order chi connectivity index (χ1) is 12.1. The summed E-state index contributed by atoms with van der Waals surface area (Å²) in [6.45, 7) is 2.40. The van der Waals surface area contributed by atoms with E-state index in [-0.39, 0.29) is 12.0 Å². The number of hydrogen-bond donors (Lipinski definition) is 2. The van der Waals surface area contributed by atoms with E-state index >= 15 is 0 Å². The lowest BCUT2D eigenvalue weighted by molar-refractivity contribution is 0.0668. The van der Waals surface area contributed by atoms with Crippen molar-refractivity contribution in [1.82, 2.24) is 9.88 Å². The number of pyridine rings is 1. The number of β-amino-alcohol motifs (C(OH)–C–C–N with tert-alkyl or cyclic N) is 1. The molecular formula is C19H23N3O3.